The van der Waals surface area contributed by atoms with Gasteiger partial charge >= 0.3 is 5.97 Å². The minimum atomic E-state index is -0.387. The summed E-state index contributed by atoms with van der Waals surface area (Å²) < 4.78 is 11.8. The van der Waals surface area contributed by atoms with Crippen molar-refractivity contribution in [3.05, 3.63) is 36.2 Å². The highest BCUT2D eigenvalue weighted by Gasteiger charge is 2.15. The molecule has 1 atom stereocenters. The highest BCUT2D eigenvalue weighted by atomic mass is 16.5. The number of esters is 1. The van der Waals surface area contributed by atoms with E-state index in [1.807, 2.05) is 26.0 Å². The normalized spacial score (nSPS) is 12.3. The van der Waals surface area contributed by atoms with Crippen molar-refractivity contribution < 1.29 is 13.9 Å². The van der Waals surface area contributed by atoms with E-state index in [9.17, 15) is 4.79 Å². The number of anilines is 1. The van der Waals surface area contributed by atoms with Gasteiger partial charge in [-0.1, -0.05) is 0 Å². The number of hydrogen-bond acceptors (Lipinski definition) is 7. The van der Waals surface area contributed by atoms with Crippen LogP contribution in [0.25, 0.3) is 11.0 Å². The molecule has 0 fully saturated rings. The van der Waals surface area contributed by atoms with Crippen LogP contribution in [-0.4, -0.2) is 32.8 Å². The topological polar surface area (TPSA) is 95.1 Å². The Balaban J connectivity index is 1.88. The Morgan fingerprint density at radius 1 is 1.43 bits per heavy atom. The van der Waals surface area contributed by atoms with E-state index in [2.05, 4.69) is 25.1 Å². The van der Waals surface area contributed by atoms with Gasteiger partial charge in [-0.3, -0.25) is 4.79 Å². The number of methoxy groups -OCH3 is 1. The van der Waals surface area contributed by atoms with Crippen LogP contribution in [0.2, 0.25) is 0 Å². The first kappa shape index (κ1) is 15.0. The van der Waals surface area contributed by atoms with Crippen molar-refractivity contribution in [2.24, 2.45) is 0 Å². The van der Waals surface area contributed by atoms with E-state index in [4.69, 9.17) is 4.42 Å². The summed E-state index contributed by atoms with van der Waals surface area (Å²) >= 11 is 0. The van der Waals surface area contributed by atoms with Gasteiger partial charge in [0, 0.05) is 0 Å². The number of ether oxygens (including phenoxy) is 1. The third kappa shape index (κ3) is 3.01. The number of furan rings is 1. The van der Waals surface area contributed by atoms with Crippen molar-refractivity contribution in [1.82, 2.24) is 19.7 Å². The first-order valence-electron chi connectivity index (χ1n) is 7.14. The summed E-state index contributed by atoms with van der Waals surface area (Å²) in [6, 6.07) is 3.77. The lowest BCUT2D eigenvalue weighted by Gasteiger charge is -2.12. The molecule has 0 saturated heterocycles. The number of aromatic nitrogens is 4. The van der Waals surface area contributed by atoms with Crippen molar-refractivity contribution in [1.29, 1.82) is 0 Å². The van der Waals surface area contributed by atoms with Gasteiger partial charge in [0.25, 0.3) is 0 Å². The van der Waals surface area contributed by atoms with Crippen LogP contribution in [0, 0.1) is 6.92 Å². The molecule has 3 aromatic rings. The fraction of sp³-hybridized carbons (Fsp3) is 0.333. The second-order valence-electron chi connectivity index (χ2n) is 5.15. The maximum atomic E-state index is 11.4. The van der Waals surface area contributed by atoms with Gasteiger partial charge in [0.05, 0.1) is 24.7 Å². The number of nitrogens with zero attached hydrogens (tertiary/aromatic N) is 4. The molecule has 3 heterocycles. The molecule has 1 N–H and O–H groups in total. The Morgan fingerprint density at radius 2 is 2.26 bits per heavy atom. The summed E-state index contributed by atoms with van der Waals surface area (Å²) in [6.45, 7) is 3.88. The molecule has 0 spiro atoms. The van der Waals surface area contributed by atoms with E-state index in [1.165, 1.54) is 18.1 Å². The molecule has 0 amide bonds. The van der Waals surface area contributed by atoms with Gasteiger partial charge in [-0.2, -0.15) is 5.10 Å². The summed E-state index contributed by atoms with van der Waals surface area (Å²) in [5.41, 5.74) is 0.565. The third-order valence-corrected chi connectivity index (χ3v) is 3.48. The predicted octanol–water partition coefficient (Wildman–Crippen LogP) is 2.07. The number of nitrogens with one attached hydrogen (secondary N) is 1. The number of fused-ring (bicyclic) bond motifs is 1. The van der Waals surface area contributed by atoms with E-state index < -0.39 is 0 Å². The van der Waals surface area contributed by atoms with E-state index in [-0.39, 0.29) is 18.6 Å². The summed E-state index contributed by atoms with van der Waals surface area (Å²) in [6.07, 6.45) is 3.06. The molecular weight excluding hydrogens is 298 g/mol. The molecule has 0 saturated carbocycles. The monoisotopic (exact) mass is 315 g/mol. The lowest BCUT2D eigenvalue weighted by molar-refractivity contribution is -0.141. The van der Waals surface area contributed by atoms with Gasteiger partial charge in [0.15, 0.2) is 5.65 Å². The fourth-order valence-electron chi connectivity index (χ4n) is 2.27. The summed E-state index contributed by atoms with van der Waals surface area (Å²) in [7, 11) is 1.34. The van der Waals surface area contributed by atoms with E-state index in [0.717, 1.165) is 16.9 Å². The van der Waals surface area contributed by atoms with Crippen LogP contribution in [0.3, 0.4) is 0 Å². The first-order chi connectivity index (χ1) is 11.1. The number of rotatable bonds is 5. The van der Waals surface area contributed by atoms with Gasteiger partial charge in [0.1, 0.15) is 30.2 Å². The van der Waals surface area contributed by atoms with Gasteiger partial charge in [-0.05, 0) is 26.0 Å². The maximum Gasteiger partial charge on any atom is 0.327 e. The van der Waals surface area contributed by atoms with Crippen molar-refractivity contribution in [3.63, 3.8) is 0 Å². The summed E-state index contributed by atoms with van der Waals surface area (Å²) in [5.74, 6) is 1.92. The molecule has 0 aromatic carbocycles. The lowest BCUT2D eigenvalue weighted by atomic mass is 10.2. The highest BCUT2D eigenvalue weighted by molar-refractivity contribution is 5.87. The van der Waals surface area contributed by atoms with Crippen LogP contribution >= 0.6 is 0 Å². The van der Waals surface area contributed by atoms with Crippen LogP contribution < -0.4 is 5.32 Å². The Hall–Kier alpha value is -2.90. The number of aryl methyl sites for hydroxylation is 1. The molecule has 8 nitrogen and oxygen atoms in total. The Bertz CT molecular complexity index is 839. The standard InChI is InChI=1S/C15H17N5O3/c1-9-4-5-12(23-9)10(2)19-14-11-6-18-20(7-13(21)22-3)15(11)17-8-16-14/h4-6,8,10H,7H2,1-3H3,(H,16,17,19). The minimum absolute atomic E-state index is 0.00336. The molecule has 0 aliphatic rings. The average Bonchev–Trinajstić information content (AvgIpc) is 3.15. The third-order valence-electron chi connectivity index (χ3n) is 3.48. The molecule has 23 heavy (non-hydrogen) atoms. The van der Waals surface area contributed by atoms with Crippen LogP contribution in [0.4, 0.5) is 5.82 Å². The summed E-state index contributed by atoms with van der Waals surface area (Å²) in [5, 5.41) is 8.19. The van der Waals surface area contributed by atoms with Crippen LogP contribution in [0.15, 0.2) is 29.1 Å². The Morgan fingerprint density at radius 3 is 2.96 bits per heavy atom. The predicted molar refractivity (Wildman–Crippen MR) is 82.8 cm³/mol. The zero-order valence-electron chi connectivity index (χ0n) is 13.1. The highest BCUT2D eigenvalue weighted by Crippen LogP contribution is 2.24. The molecule has 3 aromatic heterocycles. The molecule has 1 unspecified atom stereocenters. The molecule has 120 valence electrons. The molecule has 0 aliphatic carbocycles. The van der Waals surface area contributed by atoms with Gasteiger partial charge in [-0.25, -0.2) is 14.6 Å². The number of hydrogen-bond donors (Lipinski definition) is 1. The molecule has 0 bridgehead atoms. The fourth-order valence-corrected chi connectivity index (χ4v) is 2.27. The van der Waals surface area contributed by atoms with Crippen molar-refractivity contribution in [2.75, 3.05) is 12.4 Å². The minimum Gasteiger partial charge on any atom is -0.468 e. The van der Waals surface area contributed by atoms with E-state index in [1.54, 1.807) is 6.20 Å². The van der Waals surface area contributed by atoms with Crippen LogP contribution in [0.5, 0.6) is 0 Å². The van der Waals surface area contributed by atoms with Crippen LogP contribution in [0.1, 0.15) is 24.5 Å². The largest absolute Gasteiger partial charge is 0.468 e. The van der Waals surface area contributed by atoms with Crippen molar-refractivity contribution >= 4 is 22.8 Å². The average molecular weight is 315 g/mol. The van der Waals surface area contributed by atoms with Crippen LogP contribution in [-0.2, 0) is 16.1 Å². The molecule has 8 heteroatoms. The smallest absolute Gasteiger partial charge is 0.327 e. The zero-order valence-corrected chi connectivity index (χ0v) is 13.1. The Kier molecular flexibility index (Phi) is 3.96. The van der Waals surface area contributed by atoms with E-state index in [0.29, 0.717) is 11.5 Å². The van der Waals surface area contributed by atoms with Crippen molar-refractivity contribution in [2.45, 2.75) is 26.4 Å². The SMILES string of the molecule is COC(=O)Cn1ncc2c(NC(C)c3ccc(C)o3)ncnc21. The van der Waals surface area contributed by atoms with E-state index >= 15 is 0 Å². The second kappa shape index (κ2) is 6.07. The molecule has 0 radical (unpaired) electrons. The quantitative estimate of drug-likeness (QED) is 0.720. The van der Waals surface area contributed by atoms with Gasteiger partial charge < -0.3 is 14.5 Å². The van der Waals surface area contributed by atoms with Crippen molar-refractivity contribution in [3.8, 4) is 0 Å². The molecule has 3 rings (SSSR count). The Labute approximate surface area is 132 Å². The number of carbonyl (C=O) groups is 1. The first-order valence-corrected chi connectivity index (χ1v) is 7.14. The lowest BCUT2D eigenvalue weighted by Crippen LogP contribution is -2.13. The zero-order chi connectivity index (χ0) is 16.4. The number of carbonyl (C=O) groups excluding carboxylic acids is 1. The second-order valence-corrected chi connectivity index (χ2v) is 5.15. The maximum absolute atomic E-state index is 11.4. The molecule has 0 aliphatic heterocycles. The van der Waals surface area contributed by atoms with Gasteiger partial charge in [0.2, 0.25) is 0 Å². The molecular formula is C15H17N5O3. The summed E-state index contributed by atoms with van der Waals surface area (Å²) in [4.78, 5) is 19.9. The van der Waals surface area contributed by atoms with Gasteiger partial charge in [-0.15, -0.1) is 0 Å².